The summed E-state index contributed by atoms with van der Waals surface area (Å²) in [5.41, 5.74) is -1.58. The number of halogens is 3. The van der Waals surface area contributed by atoms with Crippen LogP contribution in [0.5, 0.6) is 0 Å². The summed E-state index contributed by atoms with van der Waals surface area (Å²) in [6.07, 6.45) is -3.20. The van der Waals surface area contributed by atoms with Crippen LogP contribution in [0.25, 0.3) is 0 Å². The topological polar surface area (TPSA) is 52.6 Å². The molecule has 1 aliphatic carbocycles. The fraction of sp³-hybridized carbons (Fsp3) is 0.636. The molecular formula is C11H13F3O4. The van der Waals surface area contributed by atoms with Crippen molar-refractivity contribution in [3.63, 3.8) is 0 Å². The highest BCUT2D eigenvalue weighted by atomic mass is 19.4. The van der Waals surface area contributed by atoms with Gasteiger partial charge in [-0.1, -0.05) is 6.58 Å². The Balaban J connectivity index is 2.27. The summed E-state index contributed by atoms with van der Waals surface area (Å²) in [6.45, 7) is 1.99. The summed E-state index contributed by atoms with van der Waals surface area (Å²) in [5.74, 6) is -1.53. The normalized spacial score (nSPS) is 20.6. The highest BCUT2D eigenvalue weighted by molar-refractivity contribution is 5.89. The largest absolute Gasteiger partial charge is 0.435 e. The van der Waals surface area contributed by atoms with Crippen LogP contribution in [0.4, 0.5) is 13.2 Å². The average molecular weight is 266 g/mol. The lowest BCUT2D eigenvalue weighted by Gasteiger charge is -2.21. The van der Waals surface area contributed by atoms with Gasteiger partial charge in [0.2, 0.25) is 0 Å². The van der Waals surface area contributed by atoms with Crippen LogP contribution in [0.2, 0.25) is 0 Å². The molecule has 0 amide bonds. The number of esters is 1. The molecule has 0 aromatic carbocycles. The number of alkyl halides is 3. The fourth-order valence-electron chi connectivity index (χ4n) is 1.51. The lowest BCUT2D eigenvalue weighted by atomic mass is 9.97. The summed E-state index contributed by atoms with van der Waals surface area (Å²) < 4.78 is 45.4. The second kappa shape index (κ2) is 5.99. The van der Waals surface area contributed by atoms with E-state index in [0.717, 1.165) is 0 Å². The maximum Gasteiger partial charge on any atom is 0.422 e. The molecule has 0 saturated heterocycles. The number of ketones is 1. The molecule has 0 N–H and O–H groups in total. The zero-order valence-corrected chi connectivity index (χ0v) is 9.59. The van der Waals surface area contributed by atoms with E-state index in [1.54, 1.807) is 0 Å². The second-order valence-corrected chi connectivity index (χ2v) is 3.95. The summed E-state index contributed by atoms with van der Waals surface area (Å²) in [7, 11) is 0. The smallest absolute Gasteiger partial charge is 0.422 e. The molecule has 1 fully saturated rings. The standard InChI is InChI=1S/C11H13F3O4/c1-7(11(12,13)14)10(16)18-6-17-9-4-2-3-8(15)5-9/h9H,1-6H2. The number of rotatable bonds is 4. The van der Waals surface area contributed by atoms with Crippen LogP contribution >= 0.6 is 0 Å². The average Bonchev–Trinajstić information content (AvgIpc) is 2.26. The van der Waals surface area contributed by atoms with Gasteiger partial charge in [-0.15, -0.1) is 0 Å². The number of carbonyl (C=O) groups excluding carboxylic acids is 2. The monoisotopic (exact) mass is 266 g/mol. The van der Waals surface area contributed by atoms with Crippen LogP contribution in [0, 0.1) is 0 Å². The molecule has 1 atom stereocenters. The number of hydrogen-bond donors (Lipinski definition) is 0. The van der Waals surface area contributed by atoms with E-state index in [4.69, 9.17) is 4.74 Å². The third-order valence-electron chi connectivity index (χ3n) is 2.52. The van der Waals surface area contributed by atoms with Crippen molar-refractivity contribution in [2.45, 2.75) is 38.0 Å². The molecular weight excluding hydrogens is 253 g/mol. The Hall–Kier alpha value is -1.37. The van der Waals surface area contributed by atoms with Crippen molar-refractivity contribution in [3.8, 4) is 0 Å². The Bertz CT molecular complexity index is 349. The lowest BCUT2D eigenvalue weighted by Crippen LogP contribution is -2.26. The van der Waals surface area contributed by atoms with Crippen LogP contribution < -0.4 is 0 Å². The maximum absolute atomic E-state index is 12.0. The molecule has 0 spiro atoms. The SMILES string of the molecule is C=C(C(=O)OCOC1CCCC(=O)C1)C(F)(F)F. The molecule has 1 rings (SSSR count). The van der Waals surface area contributed by atoms with E-state index in [-0.39, 0.29) is 12.2 Å². The lowest BCUT2D eigenvalue weighted by molar-refractivity contribution is -0.167. The highest BCUT2D eigenvalue weighted by Crippen LogP contribution is 2.25. The third kappa shape index (κ3) is 4.48. The number of carbonyl (C=O) groups is 2. The van der Waals surface area contributed by atoms with Crippen LogP contribution in [-0.2, 0) is 19.1 Å². The maximum atomic E-state index is 12.0. The van der Waals surface area contributed by atoms with Crippen LogP contribution in [-0.4, -0.2) is 30.8 Å². The Kier molecular flexibility index (Phi) is 4.89. The fourth-order valence-corrected chi connectivity index (χ4v) is 1.51. The Labute approximate surface area is 102 Å². The van der Waals surface area contributed by atoms with E-state index in [0.29, 0.717) is 19.3 Å². The Morgan fingerprint density at radius 3 is 2.67 bits per heavy atom. The van der Waals surface area contributed by atoms with Crippen molar-refractivity contribution in [3.05, 3.63) is 12.2 Å². The van der Waals surface area contributed by atoms with Crippen LogP contribution in [0.3, 0.4) is 0 Å². The first kappa shape index (κ1) is 14.7. The first-order chi connectivity index (χ1) is 8.30. The van der Waals surface area contributed by atoms with Gasteiger partial charge in [-0.05, 0) is 12.8 Å². The molecule has 0 aromatic rings. The number of hydrogen-bond acceptors (Lipinski definition) is 4. The van der Waals surface area contributed by atoms with Gasteiger partial charge in [0.15, 0.2) is 6.79 Å². The van der Waals surface area contributed by atoms with Crippen molar-refractivity contribution in [2.75, 3.05) is 6.79 Å². The van der Waals surface area contributed by atoms with Crippen LogP contribution in [0.1, 0.15) is 25.7 Å². The van der Waals surface area contributed by atoms with Gasteiger partial charge in [-0.2, -0.15) is 13.2 Å². The van der Waals surface area contributed by atoms with Crippen molar-refractivity contribution in [2.24, 2.45) is 0 Å². The van der Waals surface area contributed by atoms with Gasteiger partial charge in [0.05, 0.1) is 6.10 Å². The molecule has 1 aliphatic rings. The first-order valence-corrected chi connectivity index (χ1v) is 5.37. The molecule has 0 aromatic heterocycles. The molecule has 0 bridgehead atoms. The number of Topliss-reactive ketones (excluding diaryl/α,β-unsaturated/α-hetero) is 1. The van der Waals surface area contributed by atoms with Gasteiger partial charge >= 0.3 is 12.1 Å². The summed E-state index contributed by atoms with van der Waals surface area (Å²) >= 11 is 0. The van der Waals surface area contributed by atoms with Gasteiger partial charge in [0, 0.05) is 12.8 Å². The third-order valence-corrected chi connectivity index (χ3v) is 2.52. The quantitative estimate of drug-likeness (QED) is 0.444. The molecule has 7 heteroatoms. The Morgan fingerprint density at radius 2 is 2.11 bits per heavy atom. The van der Waals surface area contributed by atoms with Gasteiger partial charge in [0.1, 0.15) is 11.4 Å². The van der Waals surface area contributed by atoms with E-state index in [1.807, 2.05) is 0 Å². The van der Waals surface area contributed by atoms with E-state index in [1.165, 1.54) is 0 Å². The molecule has 1 unspecified atom stereocenters. The van der Waals surface area contributed by atoms with Gasteiger partial charge < -0.3 is 9.47 Å². The first-order valence-electron chi connectivity index (χ1n) is 5.37. The molecule has 1 saturated carbocycles. The van der Waals surface area contributed by atoms with Crippen molar-refractivity contribution >= 4 is 11.8 Å². The van der Waals surface area contributed by atoms with E-state index in [2.05, 4.69) is 11.3 Å². The minimum absolute atomic E-state index is 0.0391. The summed E-state index contributed by atoms with van der Waals surface area (Å²) in [5, 5.41) is 0. The molecule has 18 heavy (non-hydrogen) atoms. The molecule has 0 radical (unpaired) electrons. The summed E-state index contributed by atoms with van der Waals surface area (Å²) in [4.78, 5) is 22.0. The van der Waals surface area contributed by atoms with Gasteiger partial charge in [-0.3, -0.25) is 4.79 Å². The molecule has 4 nitrogen and oxygen atoms in total. The molecule has 102 valence electrons. The minimum Gasteiger partial charge on any atom is -0.435 e. The molecule has 0 heterocycles. The Morgan fingerprint density at radius 1 is 1.44 bits per heavy atom. The second-order valence-electron chi connectivity index (χ2n) is 3.95. The summed E-state index contributed by atoms with van der Waals surface area (Å²) in [6, 6.07) is 0. The number of ether oxygens (including phenoxy) is 2. The van der Waals surface area contributed by atoms with Crippen molar-refractivity contribution < 1.29 is 32.2 Å². The zero-order valence-electron chi connectivity index (χ0n) is 9.59. The zero-order chi connectivity index (χ0) is 13.8. The molecule has 0 aliphatic heterocycles. The van der Waals surface area contributed by atoms with Gasteiger partial charge in [0.25, 0.3) is 0 Å². The van der Waals surface area contributed by atoms with Crippen LogP contribution in [0.15, 0.2) is 12.2 Å². The minimum atomic E-state index is -4.81. The van der Waals surface area contributed by atoms with E-state index in [9.17, 15) is 22.8 Å². The van der Waals surface area contributed by atoms with E-state index >= 15 is 0 Å². The van der Waals surface area contributed by atoms with Gasteiger partial charge in [-0.25, -0.2) is 4.79 Å². The highest BCUT2D eigenvalue weighted by Gasteiger charge is 2.38. The predicted molar refractivity (Wildman–Crippen MR) is 54.5 cm³/mol. The van der Waals surface area contributed by atoms with Crippen molar-refractivity contribution in [1.82, 2.24) is 0 Å². The van der Waals surface area contributed by atoms with E-state index < -0.39 is 30.6 Å². The predicted octanol–water partition coefficient (Wildman–Crippen LogP) is 2.13. The van der Waals surface area contributed by atoms with Crippen molar-refractivity contribution in [1.29, 1.82) is 0 Å².